The van der Waals surface area contributed by atoms with Gasteiger partial charge in [0.25, 0.3) is 5.91 Å². The van der Waals surface area contributed by atoms with Crippen LogP contribution in [0.1, 0.15) is 15.9 Å². The van der Waals surface area contributed by atoms with Gasteiger partial charge in [-0.1, -0.05) is 0 Å². The number of hydrazine groups is 1. The Morgan fingerprint density at radius 2 is 1.94 bits per heavy atom. The number of rotatable bonds is 2. The molecule has 0 unspecified atom stereocenters. The second-order valence-corrected chi connectivity index (χ2v) is 4.81. The van der Waals surface area contributed by atoms with Gasteiger partial charge in [0, 0.05) is 37.4 Å². The number of nitrogen functional groups attached to an aromatic ring is 1. The van der Waals surface area contributed by atoms with E-state index in [2.05, 4.69) is 17.4 Å². The van der Waals surface area contributed by atoms with Crippen molar-refractivity contribution in [3.63, 3.8) is 0 Å². The minimum atomic E-state index is -0.0583. The van der Waals surface area contributed by atoms with Gasteiger partial charge in [0.2, 0.25) is 0 Å². The van der Waals surface area contributed by atoms with Crippen molar-refractivity contribution in [3.8, 4) is 0 Å². The smallest absolute Gasteiger partial charge is 0.265 e. The third-order valence-corrected chi connectivity index (χ3v) is 3.26. The highest BCUT2D eigenvalue weighted by Crippen LogP contribution is 2.12. The number of aryl methyl sites for hydroxylation is 1. The van der Waals surface area contributed by atoms with Gasteiger partial charge < -0.3 is 10.6 Å². The van der Waals surface area contributed by atoms with Crippen LogP contribution in [-0.2, 0) is 0 Å². The van der Waals surface area contributed by atoms with Crippen LogP contribution < -0.4 is 11.2 Å². The lowest BCUT2D eigenvalue weighted by molar-refractivity contribution is 0.0662. The Labute approximate surface area is 108 Å². The van der Waals surface area contributed by atoms with E-state index in [-0.39, 0.29) is 5.91 Å². The Bertz CT molecular complexity index is 439. The van der Waals surface area contributed by atoms with Crippen LogP contribution in [0.3, 0.4) is 0 Å². The maximum Gasteiger partial charge on any atom is 0.265 e. The number of nitrogens with one attached hydrogen (secondary N) is 1. The van der Waals surface area contributed by atoms with Gasteiger partial charge in [0.1, 0.15) is 0 Å². The summed E-state index contributed by atoms with van der Waals surface area (Å²) in [6, 6.07) is 5.35. The number of hydrogen-bond acceptors (Lipinski definition) is 4. The number of piperazine rings is 1. The molecule has 1 aromatic carbocycles. The fraction of sp³-hybridized carbons (Fsp3) is 0.462. The summed E-state index contributed by atoms with van der Waals surface area (Å²) in [4.78, 5) is 14.4. The Morgan fingerprint density at radius 3 is 2.56 bits per heavy atom. The van der Waals surface area contributed by atoms with Crippen molar-refractivity contribution in [2.24, 2.45) is 0 Å². The fourth-order valence-corrected chi connectivity index (χ4v) is 2.06. The molecule has 2 rings (SSSR count). The highest BCUT2D eigenvalue weighted by molar-refractivity contribution is 5.95. The highest BCUT2D eigenvalue weighted by Gasteiger charge is 2.17. The van der Waals surface area contributed by atoms with Crippen molar-refractivity contribution in [2.75, 3.05) is 39.0 Å². The predicted molar refractivity (Wildman–Crippen MR) is 72.1 cm³/mol. The van der Waals surface area contributed by atoms with E-state index in [9.17, 15) is 4.79 Å². The molecule has 1 aromatic rings. The molecule has 18 heavy (non-hydrogen) atoms. The molecule has 1 saturated heterocycles. The average Bonchev–Trinajstić information content (AvgIpc) is 2.32. The summed E-state index contributed by atoms with van der Waals surface area (Å²) >= 11 is 0. The van der Waals surface area contributed by atoms with E-state index in [1.807, 2.05) is 18.0 Å². The number of nitrogens with zero attached hydrogens (tertiary/aromatic N) is 2. The molecule has 0 aliphatic carbocycles. The van der Waals surface area contributed by atoms with Gasteiger partial charge in [-0.25, -0.2) is 5.01 Å². The summed E-state index contributed by atoms with van der Waals surface area (Å²) in [5.41, 5.74) is 10.9. The molecule has 5 heteroatoms. The zero-order valence-corrected chi connectivity index (χ0v) is 10.9. The molecule has 1 fully saturated rings. The summed E-state index contributed by atoms with van der Waals surface area (Å²) in [5.74, 6) is -0.0583. The molecule has 3 N–H and O–H groups in total. The molecule has 1 heterocycles. The van der Waals surface area contributed by atoms with Crippen LogP contribution >= 0.6 is 0 Å². The standard InChI is InChI=1S/C13H20N4O/c1-10-9-11(14)3-4-12(10)13(18)15-17-7-5-16(2)6-8-17/h3-4,9H,5-8,14H2,1-2H3,(H,15,18). The van der Waals surface area contributed by atoms with Crippen molar-refractivity contribution in [3.05, 3.63) is 29.3 Å². The Kier molecular flexibility index (Phi) is 3.84. The lowest BCUT2D eigenvalue weighted by atomic mass is 10.1. The maximum absolute atomic E-state index is 12.1. The molecule has 0 spiro atoms. The van der Waals surface area contributed by atoms with Gasteiger partial charge in [-0.15, -0.1) is 0 Å². The maximum atomic E-state index is 12.1. The fourth-order valence-electron chi connectivity index (χ4n) is 2.06. The van der Waals surface area contributed by atoms with Crippen LogP contribution in [0.15, 0.2) is 18.2 Å². The first-order chi connectivity index (χ1) is 8.56. The van der Waals surface area contributed by atoms with Crippen molar-refractivity contribution in [1.82, 2.24) is 15.3 Å². The number of hydrogen-bond donors (Lipinski definition) is 2. The van der Waals surface area contributed by atoms with E-state index in [1.165, 1.54) is 0 Å². The molecule has 0 atom stereocenters. The van der Waals surface area contributed by atoms with E-state index in [1.54, 1.807) is 12.1 Å². The molecule has 0 bridgehead atoms. The van der Waals surface area contributed by atoms with Gasteiger partial charge in [0.05, 0.1) is 0 Å². The monoisotopic (exact) mass is 248 g/mol. The minimum absolute atomic E-state index is 0.0583. The average molecular weight is 248 g/mol. The lowest BCUT2D eigenvalue weighted by Gasteiger charge is -2.32. The Balaban J connectivity index is 1.99. The molecule has 1 amide bonds. The van der Waals surface area contributed by atoms with Gasteiger partial charge in [-0.3, -0.25) is 10.2 Å². The molecule has 1 aliphatic heterocycles. The van der Waals surface area contributed by atoms with Crippen molar-refractivity contribution < 1.29 is 4.79 Å². The van der Waals surface area contributed by atoms with Crippen molar-refractivity contribution >= 4 is 11.6 Å². The van der Waals surface area contributed by atoms with Gasteiger partial charge in [-0.05, 0) is 37.7 Å². The largest absolute Gasteiger partial charge is 0.399 e. The first-order valence-electron chi connectivity index (χ1n) is 6.17. The highest BCUT2D eigenvalue weighted by atomic mass is 16.2. The number of anilines is 1. The first-order valence-corrected chi connectivity index (χ1v) is 6.17. The summed E-state index contributed by atoms with van der Waals surface area (Å²) < 4.78 is 0. The molecule has 5 nitrogen and oxygen atoms in total. The van der Waals surface area contributed by atoms with E-state index in [0.29, 0.717) is 11.3 Å². The van der Waals surface area contributed by atoms with Gasteiger partial charge in [-0.2, -0.15) is 0 Å². The second-order valence-electron chi connectivity index (χ2n) is 4.81. The van der Waals surface area contributed by atoms with Crippen LogP contribution in [0, 0.1) is 6.92 Å². The van der Waals surface area contributed by atoms with Crippen molar-refractivity contribution in [2.45, 2.75) is 6.92 Å². The van der Waals surface area contributed by atoms with Crippen LogP contribution in [0.4, 0.5) is 5.69 Å². The van der Waals surface area contributed by atoms with Gasteiger partial charge in [0.15, 0.2) is 0 Å². The summed E-state index contributed by atoms with van der Waals surface area (Å²) in [5, 5.41) is 1.97. The zero-order valence-electron chi connectivity index (χ0n) is 10.9. The van der Waals surface area contributed by atoms with Crippen LogP contribution in [0.25, 0.3) is 0 Å². The summed E-state index contributed by atoms with van der Waals surface area (Å²) in [6.07, 6.45) is 0. The van der Waals surface area contributed by atoms with E-state index in [4.69, 9.17) is 5.73 Å². The SMILES string of the molecule is Cc1cc(N)ccc1C(=O)NN1CCN(C)CC1. The predicted octanol–water partition coefficient (Wildman–Crippen LogP) is 0.469. The van der Waals surface area contributed by atoms with E-state index < -0.39 is 0 Å². The quantitative estimate of drug-likeness (QED) is 0.747. The van der Waals surface area contributed by atoms with Crippen LogP contribution in [0.2, 0.25) is 0 Å². The lowest BCUT2D eigenvalue weighted by Crippen LogP contribution is -2.52. The van der Waals surface area contributed by atoms with Crippen LogP contribution in [0.5, 0.6) is 0 Å². The number of likely N-dealkylation sites (N-methyl/N-ethyl adjacent to an activating group) is 1. The normalized spacial score (nSPS) is 17.7. The minimum Gasteiger partial charge on any atom is -0.399 e. The number of benzene rings is 1. The number of amides is 1. The molecule has 98 valence electrons. The van der Waals surface area contributed by atoms with Gasteiger partial charge >= 0.3 is 0 Å². The summed E-state index contributed by atoms with van der Waals surface area (Å²) in [7, 11) is 2.09. The molecular formula is C13H20N4O. The molecule has 0 aromatic heterocycles. The number of carbonyl (C=O) groups is 1. The Hall–Kier alpha value is -1.59. The molecule has 1 aliphatic rings. The van der Waals surface area contributed by atoms with Crippen molar-refractivity contribution in [1.29, 1.82) is 0 Å². The third-order valence-electron chi connectivity index (χ3n) is 3.26. The number of nitrogens with two attached hydrogens (primary N) is 1. The molecular weight excluding hydrogens is 228 g/mol. The molecule has 0 radical (unpaired) electrons. The topological polar surface area (TPSA) is 61.6 Å². The second kappa shape index (κ2) is 5.37. The van der Waals surface area contributed by atoms with Crippen LogP contribution in [-0.4, -0.2) is 49.0 Å². The third kappa shape index (κ3) is 3.00. The summed E-state index contributed by atoms with van der Waals surface area (Å²) in [6.45, 7) is 5.56. The number of carbonyl (C=O) groups excluding carboxylic acids is 1. The Morgan fingerprint density at radius 1 is 1.28 bits per heavy atom. The zero-order chi connectivity index (χ0) is 13.1. The van der Waals surface area contributed by atoms with E-state index >= 15 is 0 Å². The molecule has 0 saturated carbocycles. The van der Waals surface area contributed by atoms with E-state index in [0.717, 1.165) is 31.7 Å². The first kappa shape index (κ1) is 12.9.